The number of carbonyl (C=O) groups excluding carboxylic acids is 2. The highest BCUT2D eigenvalue weighted by Gasteiger charge is 2.15. The van der Waals surface area contributed by atoms with Crippen LogP contribution < -0.4 is 15.4 Å². The van der Waals surface area contributed by atoms with Gasteiger partial charge in [-0.05, 0) is 48.2 Å². The molecule has 0 unspecified atom stereocenters. The van der Waals surface area contributed by atoms with Crippen molar-refractivity contribution in [3.05, 3.63) is 42.0 Å². The number of unbranched alkanes of at least 4 members (excludes halogenated alkanes) is 2. The molecule has 2 amide bonds. The molecule has 0 aliphatic rings. The summed E-state index contributed by atoms with van der Waals surface area (Å²) >= 11 is 0. The molecule has 1 atom stereocenters. The minimum Gasteiger partial charge on any atom is -0.497 e. The lowest BCUT2D eigenvalue weighted by molar-refractivity contribution is -0.123. The van der Waals surface area contributed by atoms with Crippen LogP contribution in [-0.2, 0) is 9.59 Å². The van der Waals surface area contributed by atoms with Gasteiger partial charge in [0.2, 0.25) is 11.8 Å². The second-order valence-electron chi connectivity index (χ2n) is 7.43. The van der Waals surface area contributed by atoms with Crippen molar-refractivity contribution < 1.29 is 24.5 Å². The first-order valence-electron chi connectivity index (χ1n) is 10.3. The van der Waals surface area contributed by atoms with Crippen LogP contribution in [0.1, 0.15) is 44.1 Å². The number of rotatable bonds is 12. The Balaban J connectivity index is 1.72. The molecular formula is C23H32N2O5. The van der Waals surface area contributed by atoms with Crippen LogP contribution in [0.25, 0.3) is 10.8 Å². The molecule has 164 valence electrons. The molecule has 0 saturated heterocycles. The Hall–Kier alpha value is -2.64. The van der Waals surface area contributed by atoms with Gasteiger partial charge in [0.1, 0.15) is 5.75 Å². The molecule has 0 aliphatic carbocycles. The molecular weight excluding hydrogens is 384 g/mol. The molecule has 2 aromatic carbocycles. The van der Waals surface area contributed by atoms with Crippen molar-refractivity contribution in [2.45, 2.75) is 44.6 Å². The summed E-state index contributed by atoms with van der Waals surface area (Å²) in [6, 6.07) is 11.3. The van der Waals surface area contributed by atoms with E-state index in [4.69, 9.17) is 14.9 Å². The first-order chi connectivity index (χ1) is 14.5. The summed E-state index contributed by atoms with van der Waals surface area (Å²) < 4.78 is 5.24. The maximum atomic E-state index is 12.5. The van der Waals surface area contributed by atoms with Crippen molar-refractivity contribution in [3.63, 3.8) is 0 Å². The Morgan fingerprint density at radius 1 is 1.00 bits per heavy atom. The molecule has 2 aromatic rings. The Labute approximate surface area is 177 Å². The summed E-state index contributed by atoms with van der Waals surface area (Å²) in [5.41, 5.74) is 0.962. The molecule has 7 heteroatoms. The fourth-order valence-corrected chi connectivity index (χ4v) is 3.19. The Bertz CT molecular complexity index is 835. The molecule has 0 aromatic heterocycles. The van der Waals surface area contributed by atoms with Crippen LogP contribution in [0.15, 0.2) is 36.4 Å². The Kier molecular flexibility index (Phi) is 9.57. The highest BCUT2D eigenvalue weighted by molar-refractivity contribution is 5.88. The summed E-state index contributed by atoms with van der Waals surface area (Å²) in [5, 5.41) is 25.6. The molecule has 0 radical (unpaired) electrons. The van der Waals surface area contributed by atoms with E-state index in [-0.39, 0.29) is 30.9 Å². The highest BCUT2D eigenvalue weighted by Crippen LogP contribution is 2.25. The van der Waals surface area contributed by atoms with Crippen LogP contribution in [0, 0.1) is 0 Å². The van der Waals surface area contributed by atoms with E-state index < -0.39 is 6.04 Å². The lowest BCUT2D eigenvalue weighted by Gasteiger charge is -2.14. The molecule has 7 nitrogen and oxygen atoms in total. The van der Waals surface area contributed by atoms with E-state index in [1.165, 1.54) is 0 Å². The van der Waals surface area contributed by atoms with Gasteiger partial charge in [0.15, 0.2) is 0 Å². The monoisotopic (exact) mass is 416 g/mol. The summed E-state index contributed by atoms with van der Waals surface area (Å²) in [6.45, 7) is 1.89. The standard InChI is InChI=1S/C23H32N2O5/c1-16(17-7-8-19-13-21(30-2)10-9-18(19)12-17)23(29)24-11-5-3-4-6-22(28)25-20(14-26)15-27/h7-10,12-13,16,20,26-27H,3-6,11,14-15H2,1-2H3,(H,24,29)(H,25,28)/t16-/m0/s1. The number of carbonyl (C=O) groups is 2. The second-order valence-corrected chi connectivity index (χ2v) is 7.43. The lowest BCUT2D eigenvalue weighted by Crippen LogP contribution is -2.39. The SMILES string of the molecule is COc1ccc2cc([C@H](C)C(=O)NCCCCCC(=O)NC(CO)CO)ccc2c1. The number of fused-ring (bicyclic) bond motifs is 1. The predicted octanol–water partition coefficient (Wildman–Crippen LogP) is 2.10. The van der Waals surface area contributed by atoms with E-state index in [2.05, 4.69) is 10.6 Å². The van der Waals surface area contributed by atoms with E-state index in [1.54, 1.807) is 7.11 Å². The van der Waals surface area contributed by atoms with Gasteiger partial charge in [-0.3, -0.25) is 9.59 Å². The lowest BCUT2D eigenvalue weighted by atomic mass is 9.97. The topological polar surface area (TPSA) is 108 Å². The minimum absolute atomic E-state index is 0.0191. The van der Waals surface area contributed by atoms with Gasteiger partial charge in [0.25, 0.3) is 0 Å². The number of nitrogens with one attached hydrogen (secondary N) is 2. The molecule has 0 fully saturated rings. The van der Waals surface area contributed by atoms with Crippen molar-refractivity contribution in [1.29, 1.82) is 0 Å². The van der Waals surface area contributed by atoms with E-state index in [9.17, 15) is 9.59 Å². The predicted molar refractivity (Wildman–Crippen MR) is 116 cm³/mol. The van der Waals surface area contributed by atoms with E-state index >= 15 is 0 Å². The number of methoxy groups -OCH3 is 1. The van der Waals surface area contributed by atoms with Gasteiger partial charge in [-0.15, -0.1) is 0 Å². The van der Waals surface area contributed by atoms with Gasteiger partial charge in [-0.25, -0.2) is 0 Å². The van der Waals surface area contributed by atoms with E-state index in [0.29, 0.717) is 19.4 Å². The molecule has 0 aliphatic heterocycles. The fraction of sp³-hybridized carbons (Fsp3) is 0.478. The van der Waals surface area contributed by atoms with Gasteiger partial charge in [-0.1, -0.05) is 30.7 Å². The Morgan fingerprint density at radius 2 is 1.70 bits per heavy atom. The van der Waals surface area contributed by atoms with Gasteiger partial charge < -0.3 is 25.6 Å². The molecule has 2 rings (SSSR count). The zero-order chi connectivity index (χ0) is 21.9. The molecule has 0 saturated carbocycles. The molecule has 4 N–H and O–H groups in total. The number of amides is 2. The fourth-order valence-electron chi connectivity index (χ4n) is 3.19. The number of benzene rings is 2. The third-order valence-corrected chi connectivity index (χ3v) is 5.15. The van der Waals surface area contributed by atoms with Crippen LogP contribution in [0.4, 0.5) is 0 Å². The van der Waals surface area contributed by atoms with Crippen LogP contribution in [0.5, 0.6) is 5.75 Å². The van der Waals surface area contributed by atoms with Crippen LogP contribution >= 0.6 is 0 Å². The third kappa shape index (κ3) is 7.00. The van der Waals surface area contributed by atoms with Crippen LogP contribution in [-0.4, -0.2) is 54.9 Å². The van der Waals surface area contributed by atoms with Gasteiger partial charge >= 0.3 is 0 Å². The maximum absolute atomic E-state index is 12.5. The zero-order valence-corrected chi connectivity index (χ0v) is 17.7. The first-order valence-corrected chi connectivity index (χ1v) is 10.3. The maximum Gasteiger partial charge on any atom is 0.227 e. The number of hydrogen-bond donors (Lipinski definition) is 4. The molecule has 30 heavy (non-hydrogen) atoms. The van der Waals surface area contributed by atoms with Gasteiger partial charge in [0, 0.05) is 13.0 Å². The quantitative estimate of drug-likeness (QED) is 0.396. The van der Waals surface area contributed by atoms with Crippen molar-refractivity contribution in [1.82, 2.24) is 10.6 Å². The zero-order valence-electron chi connectivity index (χ0n) is 17.7. The van der Waals surface area contributed by atoms with Crippen molar-refractivity contribution in [3.8, 4) is 5.75 Å². The molecule has 0 bridgehead atoms. The summed E-state index contributed by atoms with van der Waals surface area (Å²) in [5.74, 6) is 0.348. The van der Waals surface area contributed by atoms with Crippen molar-refractivity contribution >= 4 is 22.6 Å². The van der Waals surface area contributed by atoms with Crippen LogP contribution in [0.3, 0.4) is 0 Å². The normalized spacial score (nSPS) is 12.0. The van der Waals surface area contributed by atoms with Crippen molar-refractivity contribution in [2.75, 3.05) is 26.9 Å². The molecule has 0 heterocycles. The number of hydrogen-bond acceptors (Lipinski definition) is 5. The third-order valence-electron chi connectivity index (χ3n) is 5.15. The second kappa shape index (κ2) is 12.1. The summed E-state index contributed by atoms with van der Waals surface area (Å²) in [4.78, 5) is 24.1. The van der Waals surface area contributed by atoms with E-state index in [1.807, 2.05) is 43.3 Å². The van der Waals surface area contributed by atoms with Crippen LogP contribution in [0.2, 0.25) is 0 Å². The van der Waals surface area contributed by atoms with Gasteiger partial charge in [-0.2, -0.15) is 0 Å². The summed E-state index contributed by atoms with van der Waals surface area (Å²) in [7, 11) is 1.64. The van der Waals surface area contributed by atoms with Crippen molar-refractivity contribution in [2.24, 2.45) is 0 Å². The smallest absolute Gasteiger partial charge is 0.227 e. The molecule has 0 spiro atoms. The average Bonchev–Trinajstić information content (AvgIpc) is 2.78. The van der Waals surface area contributed by atoms with Gasteiger partial charge in [0.05, 0.1) is 32.3 Å². The number of aliphatic hydroxyl groups is 2. The largest absolute Gasteiger partial charge is 0.497 e. The number of ether oxygens (including phenoxy) is 1. The first kappa shape index (κ1) is 23.6. The minimum atomic E-state index is -0.601. The average molecular weight is 417 g/mol. The number of aliphatic hydroxyl groups excluding tert-OH is 2. The highest BCUT2D eigenvalue weighted by atomic mass is 16.5. The summed E-state index contributed by atoms with van der Waals surface area (Å²) in [6.07, 6.45) is 2.62. The Morgan fingerprint density at radius 3 is 2.40 bits per heavy atom. The van der Waals surface area contributed by atoms with E-state index in [0.717, 1.165) is 34.9 Å².